The molecular formula is C18H19F2N3O2. The van der Waals surface area contributed by atoms with E-state index < -0.39 is 12.7 Å². The van der Waals surface area contributed by atoms with Crippen molar-refractivity contribution in [2.45, 2.75) is 19.3 Å². The van der Waals surface area contributed by atoms with E-state index in [-0.39, 0.29) is 5.75 Å². The molecule has 1 heterocycles. The van der Waals surface area contributed by atoms with Gasteiger partial charge in [-0.15, -0.1) is 0 Å². The third kappa shape index (κ3) is 4.12. The van der Waals surface area contributed by atoms with Gasteiger partial charge in [-0.05, 0) is 29.8 Å². The number of rotatable bonds is 7. The summed E-state index contributed by atoms with van der Waals surface area (Å²) in [5, 5.41) is 13.4. The number of aromatic nitrogens is 2. The third-order valence-corrected chi connectivity index (χ3v) is 3.99. The van der Waals surface area contributed by atoms with Crippen LogP contribution in [0.2, 0.25) is 0 Å². The van der Waals surface area contributed by atoms with E-state index in [1.165, 1.54) is 12.1 Å². The van der Waals surface area contributed by atoms with Crippen LogP contribution in [0, 0.1) is 0 Å². The first-order valence-electron chi connectivity index (χ1n) is 7.88. The molecule has 1 unspecified atom stereocenters. The molecule has 0 amide bonds. The maximum Gasteiger partial charge on any atom is 0.387 e. The molecule has 0 saturated heterocycles. The molecule has 0 spiro atoms. The van der Waals surface area contributed by atoms with Gasteiger partial charge in [0.2, 0.25) is 0 Å². The number of nitrogens with zero attached hydrogens (tertiary/aromatic N) is 2. The second-order valence-electron chi connectivity index (χ2n) is 5.67. The molecule has 0 radical (unpaired) electrons. The fraction of sp³-hybridized carbons (Fsp3) is 0.278. The first-order valence-corrected chi connectivity index (χ1v) is 7.88. The Morgan fingerprint density at radius 2 is 1.88 bits per heavy atom. The molecule has 1 aromatic heterocycles. The minimum Gasteiger partial charge on any atom is -0.435 e. The van der Waals surface area contributed by atoms with Crippen LogP contribution in [0.25, 0.3) is 11.0 Å². The van der Waals surface area contributed by atoms with Gasteiger partial charge in [-0.2, -0.15) is 8.78 Å². The van der Waals surface area contributed by atoms with Crippen molar-refractivity contribution in [3.05, 3.63) is 59.9 Å². The second kappa shape index (κ2) is 7.58. The van der Waals surface area contributed by atoms with Gasteiger partial charge < -0.3 is 19.7 Å². The van der Waals surface area contributed by atoms with Crippen LogP contribution in [0.5, 0.6) is 5.75 Å². The monoisotopic (exact) mass is 347 g/mol. The van der Waals surface area contributed by atoms with Gasteiger partial charge in [-0.25, -0.2) is 4.98 Å². The molecule has 0 bridgehead atoms. The van der Waals surface area contributed by atoms with Crippen LogP contribution in [0.4, 0.5) is 8.78 Å². The molecule has 5 nitrogen and oxygen atoms in total. The molecule has 7 heteroatoms. The van der Waals surface area contributed by atoms with Crippen LogP contribution in [0.1, 0.15) is 17.5 Å². The van der Waals surface area contributed by atoms with E-state index in [0.717, 1.165) is 16.9 Å². The van der Waals surface area contributed by atoms with Crippen LogP contribution >= 0.6 is 0 Å². The highest BCUT2D eigenvalue weighted by molar-refractivity contribution is 5.75. The molecule has 1 atom stereocenters. The number of aliphatic hydroxyl groups is 1. The van der Waals surface area contributed by atoms with Crippen molar-refractivity contribution in [3.63, 3.8) is 0 Å². The van der Waals surface area contributed by atoms with Crippen molar-refractivity contribution in [3.8, 4) is 5.75 Å². The minimum atomic E-state index is -2.86. The Labute approximate surface area is 143 Å². The zero-order valence-corrected chi connectivity index (χ0v) is 13.7. The van der Waals surface area contributed by atoms with Crippen molar-refractivity contribution in [1.29, 1.82) is 0 Å². The lowest BCUT2D eigenvalue weighted by Crippen LogP contribution is -2.22. The number of aliphatic hydroxyl groups excluding tert-OH is 1. The first-order chi connectivity index (χ1) is 12.0. The molecule has 3 aromatic rings. The Kier molecular flexibility index (Phi) is 5.25. The average molecular weight is 347 g/mol. The molecule has 0 aliphatic heterocycles. The van der Waals surface area contributed by atoms with Gasteiger partial charge in [0.1, 0.15) is 11.6 Å². The summed E-state index contributed by atoms with van der Waals surface area (Å²) in [7, 11) is 1.95. The minimum absolute atomic E-state index is 0.0682. The molecule has 0 aliphatic rings. The maximum absolute atomic E-state index is 12.1. The SMILES string of the molecule is Cn1c(CNCC(O)c2ccc(OC(F)F)cc2)nc2ccccc21. The van der Waals surface area contributed by atoms with E-state index in [1.54, 1.807) is 12.1 Å². The Morgan fingerprint density at radius 3 is 2.56 bits per heavy atom. The second-order valence-corrected chi connectivity index (χ2v) is 5.67. The van der Waals surface area contributed by atoms with Crippen molar-refractivity contribution in [2.75, 3.05) is 6.54 Å². The Bertz CT molecular complexity index is 834. The lowest BCUT2D eigenvalue weighted by atomic mass is 10.1. The van der Waals surface area contributed by atoms with E-state index in [0.29, 0.717) is 18.7 Å². The van der Waals surface area contributed by atoms with Crippen molar-refractivity contribution >= 4 is 11.0 Å². The number of halogens is 2. The summed E-state index contributed by atoms with van der Waals surface area (Å²) >= 11 is 0. The Hall–Kier alpha value is -2.51. The number of para-hydroxylation sites is 2. The van der Waals surface area contributed by atoms with Crippen molar-refractivity contribution < 1.29 is 18.6 Å². The summed E-state index contributed by atoms with van der Waals surface area (Å²) in [6.45, 7) is -2.03. The molecule has 2 N–H and O–H groups in total. The summed E-state index contributed by atoms with van der Waals surface area (Å²) in [5.74, 6) is 0.938. The predicted octanol–water partition coefficient (Wildman–Crippen LogP) is 3.00. The smallest absolute Gasteiger partial charge is 0.387 e. The first kappa shape index (κ1) is 17.3. The zero-order valence-electron chi connectivity index (χ0n) is 13.7. The molecular weight excluding hydrogens is 328 g/mol. The topological polar surface area (TPSA) is 59.3 Å². The van der Waals surface area contributed by atoms with Crippen LogP contribution in [-0.4, -0.2) is 27.8 Å². The predicted molar refractivity (Wildman–Crippen MR) is 90.5 cm³/mol. The van der Waals surface area contributed by atoms with Crippen LogP contribution < -0.4 is 10.1 Å². The quantitative estimate of drug-likeness (QED) is 0.690. The highest BCUT2D eigenvalue weighted by Gasteiger charge is 2.11. The fourth-order valence-electron chi connectivity index (χ4n) is 2.66. The lowest BCUT2D eigenvalue weighted by molar-refractivity contribution is -0.0498. The van der Waals surface area contributed by atoms with E-state index in [9.17, 15) is 13.9 Å². The number of hydrogen-bond donors (Lipinski definition) is 2. The molecule has 25 heavy (non-hydrogen) atoms. The van der Waals surface area contributed by atoms with Crippen LogP contribution in [0.3, 0.4) is 0 Å². The number of aryl methyl sites for hydroxylation is 1. The molecule has 3 rings (SSSR count). The standard InChI is InChI=1S/C18H19F2N3O2/c1-23-15-5-3-2-4-14(15)22-17(23)11-21-10-16(24)12-6-8-13(9-7-12)25-18(19)20/h2-9,16,18,21,24H,10-11H2,1H3. The van der Waals surface area contributed by atoms with Gasteiger partial charge in [0.15, 0.2) is 0 Å². The number of nitrogens with one attached hydrogen (secondary N) is 1. The molecule has 132 valence electrons. The van der Waals surface area contributed by atoms with Crippen molar-refractivity contribution in [2.24, 2.45) is 7.05 Å². The summed E-state index contributed by atoms with van der Waals surface area (Å²) in [5.41, 5.74) is 2.60. The highest BCUT2D eigenvalue weighted by Crippen LogP contribution is 2.19. The van der Waals surface area contributed by atoms with Gasteiger partial charge in [-0.3, -0.25) is 0 Å². The largest absolute Gasteiger partial charge is 0.435 e. The number of fused-ring (bicyclic) bond motifs is 1. The summed E-state index contributed by atoms with van der Waals surface area (Å²) in [6.07, 6.45) is -0.754. The summed E-state index contributed by atoms with van der Waals surface area (Å²) in [6, 6.07) is 13.8. The third-order valence-electron chi connectivity index (χ3n) is 3.99. The maximum atomic E-state index is 12.1. The number of hydrogen-bond acceptors (Lipinski definition) is 4. The Balaban J connectivity index is 1.56. The van der Waals surface area contributed by atoms with E-state index in [2.05, 4.69) is 15.0 Å². The number of benzene rings is 2. The molecule has 0 fully saturated rings. The van der Waals surface area contributed by atoms with E-state index in [1.807, 2.05) is 35.9 Å². The van der Waals surface area contributed by atoms with E-state index in [4.69, 9.17) is 0 Å². The fourth-order valence-corrected chi connectivity index (χ4v) is 2.66. The number of ether oxygens (including phenoxy) is 1. The summed E-state index contributed by atoms with van der Waals surface area (Å²) < 4.78 is 30.5. The van der Waals surface area contributed by atoms with Gasteiger partial charge in [0, 0.05) is 13.6 Å². The normalized spacial score (nSPS) is 12.7. The molecule has 0 aliphatic carbocycles. The van der Waals surface area contributed by atoms with Gasteiger partial charge in [0.05, 0.1) is 23.7 Å². The van der Waals surface area contributed by atoms with Crippen LogP contribution in [-0.2, 0) is 13.6 Å². The summed E-state index contributed by atoms with van der Waals surface area (Å²) in [4.78, 5) is 4.55. The van der Waals surface area contributed by atoms with Crippen LogP contribution in [0.15, 0.2) is 48.5 Å². The molecule has 0 saturated carbocycles. The molecule has 2 aromatic carbocycles. The Morgan fingerprint density at radius 1 is 1.16 bits per heavy atom. The van der Waals surface area contributed by atoms with Gasteiger partial charge in [-0.1, -0.05) is 24.3 Å². The number of imidazole rings is 1. The lowest BCUT2D eigenvalue weighted by Gasteiger charge is -2.13. The van der Waals surface area contributed by atoms with E-state index >= 15 is 0 Å². The van der Waals surface area contributed by atoms with Crippen molar-refractivity contribution in [1.82, 2.24) is 14.9 Å². The highest BCUT2D eigenvalue weighted by atomic mass is 19.3. The average Bonchev–Trinajstić information content (AvgIpc) is 2.91. The van der Waals surface area contributed by atoms with Gasteiger partial charge >= 0.3 is 6.61 Å². The zero-order chi connectivity index (χ0) is 17.8. The van der Waals surface area contributed by atoms with Gasteiger partial charge in [0.25, 0.3) is 0 Å². The number of alkyl halides is 2.